The lowest BCUT2D eigenvalue weighted by atomic mass is 10.1. The quantitative estimate of drug-likeness (QED) is 0.842. The monoisotopic (exact) mass is 218 g/mol. The van der Waals surface area contributed by atoms with Crippen molar-refractivity contribution in [2.24, 2.45) is 0 Å². The van der Waals surface area contributed by atoms with Crippen molar-refractivity contribution in [1.29, 1.82) is 0 Å². The van der Waals surface area contributed by atoms with E-state index in [2.05, 4.69) is 0 Å². The first-order valence-corrected chi connectivity index (χ1v) is 5.01. The van der Waals surface area contributed by atoms with Crippen molar-refractivity contribution in [3.8, 4) is 17.2 Å². The Morgan fingerprint density at radius 2 is 1.56 bits per heavy atom. The summed E-state index contributed by atoms with van der Waals surface area (Å²) in [7, 11) is 3.17. The highest BCUT2D eigenvalue weighted by Gasteiger charge is 2.08. The molecule has 0 saturated heterocycles. The summed E-state index contributed by atoms with van der Waals surface area (Å²) in [5, 5.41) is 11.5. The van der Waals surface area contributed by atoms with Crippen LogP contribution in [0.1, 0.15) is 5.56 Å². The zero-order chi connectivity index (χ0) is 11.7. The summed E-state index contributed by atoms with van der Waals surface area (Å²) in [4.78, 5) is 0. The molecular weight excluding hydrogens is 204 g/mol. The fourth-order valence-corrected chi connectivity index (χ4v) is 1.82. The molecule has 0 aliphatic rings. The second kappa shape index (κ2) is 3.93. The van der Waals surface area contributed by atoms with Crippen LogP contribution in [0.15, 0.2) is 24.3 Å². The van der Waals surface area contributed by atoms with Crippen LogP contribution in [0.4, 0.5) is 0 Å². The van der Waals surface area contributed by atoms with Crippen molar-refractivity contribution < 1.29 is 14.6 Å². The molecule has 0 aliphatic carbocycles. The molecule has 0 atom stereocenters. The Morgan fingerprint density at radius 1 is 0.938 bits per heavy atom. The van der Waals surface area contributed by atoms with Gasteiger partial charge in [-0.15, -0.1) is 0 Å². The number of hydrogen-bond acceptors (Lipinski definition) is 3. The van der Waals surface area contributed by atoms with Gasteiger partial charge >= 0.3 is 0 Å². The van der Waals surface area contributed by atoms with Gasteiger partial charge in [-0.3, -0.25) is 0 Å². The average molecular weight is 218 g/mol. The lowest BCUT2D eigenvalue weighted by Crippen LogP contribution is -1.90. The highest BCUT2D eigenvalue weighted by molar-refractivity contribution is 5.91. The topological polar surface area (TPSA) is 38.7 Å². The maximum atomic E-state index is 9.84. The zero-order valence-electron chi connectivity index (χ0n) is 9.57. The van der Waals surface area contributed by atoms with E-state index in [-0.39, 0.29) is 5.75 Å². The van der Waals surface area contributed by atoms with Crippen LogP contribution in [0.25, 0.3) is 10.8 Å². The molecule has 1 N–H and O–H groups in total. The first-order valence-electron chi connectivity index (χ1n) is 5.01. The Bertz CT molecular complexity index is 532. The van der Waals surface area contributed by atoms with Gasteiger partial charge in [0.05, 0.1) is 14.2 Å². The third-order valence-electron chi connectivity index (χ3n) is 2.58. The molecule has 0 radical (unpaired) electrons. The van der Waals surface area contributed by atoms with Crippen molar-refractivity contribution in [3.63, 3.8) is 0 Å². The Labute approximate surface area is 94.2 Å². The van der Waals surface area contributed by atoms with Gasteiger partial charge in [0, 0.05) is 5.39 Å². The molecule has 2 rings (SSSR count). The normalized spacial score (nSPS) is 10.4. The van der Waals surface area contributed by atoms with Crippen LogP contribution < -0.4 is 9.47 Å². The lowest BCUT2D eigenvalue weighted by molar-refractivity contribution is 0.355. The van der Waals surface area contributed by atoms with Gasteiger partial charge in [0.1, 0.15) is 5.75 Å². The van der Waals surface area contributed by atoms with Gasteiger partial charge < -0.3 is 14.6 Å². The van der Waals surface area contributed by atoms with Crippen LogP contribution in [-0.4, -0.2) is 19.3 Å². The van der Waals surface area contributed by atoms with Crippen LogP contribution in [-0.2, 0) is 0 Å². The largest absolute Gasteiger partial charge is 0.507 e. The van der Waals surface area contributed by atoms with Crippen LogP contribution in [0, 0.1) is 6.92 Å². The van der Waals surface area contributed by atoms with Crippen molar-refractivity contribution in [2.45, 2.75) is 6.92 Å². The number of benzene rings is 2. The Kier molecular flexibility index (Phi) is 2.60. The molecule has 3 nitrogen and oxygen atoms in total. The number of methoxy groups -OCH3 is 2. The molecule has 16 heavy (non-hydrogen) atoms. The molecule has 2 aromatic rings. The van der Waals surface area contributed by atoms with E-state index in [0.29, 0.717) is 11.5 Å². The molecular formula is C13H14O3. The van der Waals surface area contributed by atoms with Crippen molar-refractivity contribution in [3.05, 3.63) is 29.8 Å². The number of phenolic OH excluding ortho intramolecular Hbond substituents is 1. The molecule has 0 spiro atoms. The predicted molar refractivity (Wildman–Crippen MR) is 63.5 cm³/mol. The smallest absolute Gasteiger partial charge is 0.161 e. The van der Waals surface area contributed by atoms with Gasteiger partial charge in [0.2, 0.25) is 0 Å². The average Bonchev–Trinajstić information content (AvgIpc) is 2.27. The van der Waals surface area contributed by atoms with Crippen LogP contribution in [0.5, 0.6) is 17.2 Å². The number of fused-ring (bicyclic) bond motifs is 1. The molecule has 0 aliphatic heterocycles. The summed E-state index contributed by atoms with van der Waals surface area (Å²) in [6.07, 6.45) is 0. The number of aryl methyl sites for hydroxylation is 1. The predicted octanol–water partition coefficient (Wildman–Crippen LogP) is 2.87. The summed E-state index contributed by atoms with van der Waals surface area (Å²) in [6.45, 7) is 1.94. The van der Waals surface area contributed by atoms with E-state index in [0.717, 1.165) is 16.3 Å². The molecule has 0 aromatic heterocycles. The van der Waals surface area contributed by atoms with E-state index in [1.54, 1.807) is 26.4 Å². The summed E-state index contributed by atoms with van der Waals surface area (Å²) >= 11 is 0. The SMILES string of the molecule is COc1cc2cc(C)cc(O)c2cc1OC. The minimum Gasteiger partial charge on any atom is -0.507 e. The van der Waals surface area contributed by atoms with Gasteiger partial charge in [-0.1, -0.05) is 6.07 Å². The minimum atomic E-state index is 0.260. The summed E-state index contributed by atoms with van der Waals surface area (Å²) in [5.41, 5.74) is 1.01. The first-order chi connectivity index (χ1) is 7.65. The highest BCUT2D eigenvalue weighted by Crippen LogP contribution is 2.36. The summed E-state index contributed by atoms with van der Waals surface area (Å²) in [5.74, 6) is 1.55. The number of ether oxygens (including phenoxy) is 2. The molecule has 84 valence electrons. The molecule has 0 unspecified atom stereocenters. The molecule has 0 fully saturated rings. The van der Waals surface area contributed by atoms with E-state index < -0.39 is 0 Å². The maximum absolute atomic E-state index is 9.84. The van der Waals surface area contributed by atoms with E-state index in [9.17, 15) is 5.11 Å². The van der Waals surface area contributed by atoms with Gasteiger partial charge in [-0.05, 0) is 36.1 Å². The lowest BCUT2D eigenvalue weighted by Gasteiger charge is -2.10. The van der Waals surface area contributed by atoms with E-state index in [1.807, 2.05) is 19.1 Å². The van der Waals surface area contributed by atoms with Crippen LogP contribution in [0.2, 0.25) is 0 Å². The summed E-state index contributed by atoms with van der Waals surface area (Å²) in [6, 6.07) is 7.37. The second-order valence-electron chi connectivity index (χ2n) is 3.71. The standard InChI is InChI=1S/C13H14O3/c1-8-4-9-6-12(15-2)13(16-3)7-10(9)11(14)5-8/h4-7,14H,1-3H3. The molecule has 3 heteroatoms. The minimum absolute atomic E-state index is 0.260. The van der Waals surface area contributed by atoms with Gasteiger partial charge in [-0.25, -0.2) is 0 Å². The van der Waals surface area contributed by atoms with E-state index in [1.165, 1.54) is 0 Å². The first kappa shape index (κ1) is 10.6. The molecule has 0 saturated carbocycles. The molecule has 0 amide bonds. The van der Waals surface area contributed by atoms with E-state index in [4.69, 9.17) is 9.47 Å². The molecule has 2 aromatic carbocycles. The summed E-state index contributed by atoms with van der Waals surface area (Å²) < 4.78 is 10.4. The molecule has 0 heterocycles. The number of hydrogen-bond donors (Lipinski definition) is 1. The Balaban J connectivity index is 2.78. The fraction of sp³-hybridized carbons (Fsp3) is 0.231. The molecule has 0 bridgehead atoms. The maximum Gasteiger partial charge on any atom is 0.161 e. The van der Waals surface area contributed by atoms with Crippen molar-refractivity contribution in [2.75, 3.05) is 14.2 Å². The van der Waals surface area contributed by atoms with Gasteiger partial charge in [0.15, 0.2) is 11.5 Å². The fourth-order valence-electron chi connectivity index (χ4n) is 1.82. The highest BCUT2D eigenvalue weighted by atomic mass is 16.5. The number of aromatic hydroxyl groups is 1. The Morgan fingerprint density at radius 3 is 2.19 bits per heavy atom. The van der Waals surface area contributed by atoms with Crippen molar-refractivity contribution in [1.82, 2.24) is 0 Å². The zero-order valence-corrected chi connectivity index (χ0v) is 9.57. The third-order valence-corrected chi connectivity index (χ3v) is 2.58. The number of phenols is 1. The van der Waals surface area contributed by atoms with Crippen molar-refractivity contribution >= 4 is 10.8 Å². The second-order valence-corrected chi connectivity index (χ2v) is 3.71. The van der Waals surface area contributed by atoms with Crippen LogP contribution >= 0.6 is 0 Å². The number of rotatable bonds is 2. The van der Waals surface area contributed by atoms with Crippen LogP contribution in [0.3, 0.4) is 0 Å². The van der Waals surface area contributed by atoms with E-state index >= 15 is 0 Å². The Hall–Kier alpha value is -1.90. The van der Waals surface area contributed by atoms with Gasteiger partial charge in [-0.2, -0.15) is 0 Å². The van der Waals surface area contributed by atoms with Gasteiger partial charge in [0.25, 0.3) is 0 Å². The third kappa shape index (κ3) is 1.65.